The first-order valence-corrected chi connectivity index (χ1v) is 20.0. The predicted molar refractivity (Wildman–Crippen MR) is 206 cm³/mol. The standard InChI is InChI=1S/C43H42F6N8/c44-27-6-5-23(15-30(27)47)22-9-13-56(14-10-22)41-31(48)16-24(17-32(41)49)57-39(25-18-35-37(20-28(25)45)54-42(52-35)33-3-1-11-50-33)7-8-40(57)26-19-36-38(21-29(26)46)55-43(53-36)34-4-2-12-51-34/h5-6,15-22,33-34,39-40,50-51H,1-4,7-14H2,(H,52,54)(H,53,55)/t33-,34-,39-,40+/m0/s1. The summed E-state index contributed by atoms with van der Waals surface area (Å²) in [4.78, 5) is 19.5. The van der Waals surface area contributed by atoms with E-state index in [1.165, 1.54) is 30.3 Å². The molecule has 0 unspecified atom stereocenters. The van der Waals surface area contributed by atoms with Crippen LogP contribution in [0.4, 0.5) is 37.7 Å². The van der Waals surface area contributed by atoms with Gasteiger partial charge in [0.05, 0.1) is 46.2 Å². The summed E-state index contributed by atoms with van der Waals surface area (Å²) < 4.78 is 93.0. The molecule has 0 radical (unpaired) electrons. The number of H-pyrrole nitrogens is 2. The fourth-order valence-electron chi connectivity index (χ4n) is 9.80. The number of nitrogens with one attached hydrogen (secondary N) is 4. The molecule has 0 aliphatic carbocycles. The Labute approximate surface area is 325 Å². The van der Waals surface area contributed by atoms with Gasteiger partial charge in [-0.15, -0.1) is 0 Å². The number of aromatic amines is 2. The molecule has 0 amide bonds. The first-order valence-electron chi connectivity index (χ1n) is 20.0. The number of hydrogen-bond acceptors (Lipinski definition) is 6. The van der Waals surface area contributed by atoms with Gasteiger partial charge in [-0.1, -0.05) is 6.07 Å². The van der Waals surface area contributed by atoms with Crippen molar-refractivity contribution >= 4 is 33.4 Å². The van der Waals surface area contributed by atoms with Gasteiger partial charge in [0.2, 0.25) is 0 Å². The van der Waals surface area contributed by atoms with Gasteiger partial charge in [0, 0.05) is 42.0 Å². The van der Waals surface area contributed by atoms with E-state index in [1.807, 2.05) is 0 Å². The maximum absolute atomic E-state index is 16.4. The minimum Gasteiger partial charge on any atom is -0.367 e. The van der Waals surface area contributed by atoms with Gasteiger partial charge in [-0.2, -0.15) is 0 Å². The Hall–Kier alpha value is -5.08. The number of hydrogen-bond donors (Lipinski definition) is 4. The van der Waals surface area contributed by atoms with Crippen molar-refractivity contribution in [3.8, 4) is 0 Å². The molecule has 4 saturated heterocycles. The Morgan fingerprint density at radius 1 is 0.544 bits per heavy atom. The van der Waals surface area contributed by atoms with Gasteiger partial charge in [-0.25, -0.2) is 36.3 Å². The second kappa shape index (κ2) is 14.4. The molecule has 4 atom stereocenters. The summed E-state index contributed by atoms with van der Waals surface area (Å²) in [6.45, 7) is 2.35. The van der Waals surface area contributed by atoms with Gasteiger partial charge in [0.1, 0.15) is 29.0 Å². The molecule has 4 fully saturated rings. The first kappa shape index (κ1) is 36.3. The molecular weight excluding hydrogens is 743 g/mol. The van der Waals surface area contributed by atoms with E-state index in [9.17, 15) is 8.78 Å². The number of aromatic nitrogens is 4. The van der Waals surface area contributed by atoms with Crippen molar-refractivity contribution in [3.63, 3.8) is 0 Å². The van der Waals surface area contributed by atoms with Crippen LogP contribution in [0.2, 0.25) is 0 Å². The fraction of sp³-hybridized carbons (Fsp3) is 0.395. The molecule has 296 valence electrons. The molecule has 6 aromatic rings. The summed E-state index contributed by atoms with van der Waals surface area (Å²) in [5.74, 6) is -3.07. The number of fused-ring (bicyclic) bond motifs is 2. The van der Waals surface area contributed by atoms with Gasteiger partial charge >= 0.3 is 0 Å². The van der Waals surface area contributed by atoms with Gasteiger partial charge in [-0.05, 0) is 112 Å². The Bertz CT molecular complexity index is 2350. The Morgan fingerprint density at radius 2 is 1.09 bits per heavy atom. The number of piperidine rings is 1. The minimum absolute atomic E-state index is 0.0442. The fourth-order valence-corrected chi connectivity index (χ4v) is 9.80. The van der Waals surface area contributed by atoms with E-state index in [-0.39, 0.29) is 29.4 Å². The number of halogens is 6. The molecule has 8 nitrogen and oxygen atoms in total. The summed E-state index contributed by atoms with van der Waals surface area (Å²) in [6, 6.07) is 11.3. The molecule has 6 heterocycles. The summed E-state index contributed by atoms with van der Waals surface area (Å²) in [6.07, 6.45) is 5.61. The zero-order valence-electron chi connectivity index (χ0n) is 31.1. The third-order valence-electron chi connectivity index (χ3n) is 12.6. The highest BCUT2D eigenvalue weighted by molar-refractivity contribution is 5.78. The maximum Gasteiger partial charge on any atom is 0.159 e. The average molecular weight is 785 g/mol. The lowest BCUT2D eigenvalue weighted by Gasteiger charge is -2.36. The lowest BCUT2D eigenvalue weighted by Crippen LogP contribution is -2.34. The van der Waals surface area contributed by atoms with Crippen molar-refractivity contribution in [2.45, 2.75) is 81.5 Å². The number of anilines is 2. The van der Waals surface area contributed by atoms with Gasteiger partial charge in [-0.3, -0.25) is 0 Å². The SMILES string of the molecule is Fc1ccc(C2CCN(c3c(F)cc(N4[C@@H](c5cc6[nH]c([C@@H]7CCCN7)nc6cc5F)CC[C@H]4c4cc5[nH]c([C@@H]6CCCN6)nc5cc4F)cc3F)CC2)cc1F. The van der Waals surface area contributed by atoms with E-state index >= 15 is 17.6 Å². The Kier molecular flexibility index (Phi) is 9.15. The van der Waals surface area contributed by atoms with Crippen molar-refractivity contribution in [2.24, 2.45) is 0 Å². The summed E-state index contributed by atoms with van der Waals surface area (Å²) in [5, 5.41) is 6.83. The van der Waals surface area contributed by atoms with Crippen LogP contribution in [0.1, 0.15) is 110 Å². The summed E-state index contributed by atoms with van der Waals surface area (Å²) >= 11 is 0. The van der Waals surface area contributed by atoms with Crippen LogP contribution < -0.4 is 20.4 Å². The molecule has 0 saturated carbocycles. The molecule has 0 bridgehead atoms. The van der Waals surface area contributed by atoms with Crippen LogP contribution in [-0.2, 0) is 0 Å². The molecule has 4 aromatic carbocycles. The molecule has 4 N–H and O–H groups in total. The monoisotopic (exact) mass is 784 g/mol. The molecule has 4 aliphatic rings. The number of rotatable bonds is 7. The second-order valence-electron chi connectivity index (χ2n) is 16.0. The highest BCUT2D eigenvalue weighted by Gasteiger charge is 2.40. The average Bonchev–Trinajstić information content (AvgIpc) is 4.04. The highest BCUT2D eigenvalue weighted by atomic mass is 19.2. The summed E-state index contributed by atoms with van der Waals surface area (Å²) in [7, 11) is 0. The predicted octanol–water partition coefficient (Wildman–Crippen LogP) is 9.59. The van der Waals surface area contributed by atoms with Crippen molar-refractivity contribution in [1.29, 1.82) is 0 Å². The van der Waals surface area contributed by atoms with Crippen molar-refractivity contribution in [1.82, 2.24) is 30.6 Å². The topological polar surface area (TPSA) is 87.9 Å². The molecule has 2 aromatic heterocycles. The Morgan fingerprint density at radius 3 is 1.58 bits per heavy atom. The third kappa shape index (κ3) is 6.50. The van der Waals surface area contributed by atoms with Crippen molar-refractivity contribution < 1.29 is 26.3 Å². The summed E-state index contributed by atoms with van der Waals surface area (Å²) in [5.41, 5.74) is 3.53. The largest absolute Gasteiger partial charge is 0.367 e. The van der Waals surface area contributed by atoms with Gasteiger partial charge in [0.25, 0.3) is 0 Å². The van der Waals surface area contributed by atoms with E-state index in [2.05, 4.69) is 30.6 Å². The molecule has 10 rings (SSSR count). The van der Waals surface area contributed by atoms with Crippen LogP contribution in [-0.4, -0.2) is 46.1 Å². The minimum atomic E-state index is -0.924. The van der Waals surface area contributed by atoms with Crippen LogP contribution >= 0.6 is 0 Å². The van der Waals surface area contributed by atoms with Gasteiger partial charge < -0.3 is 30.4 Å². The highest BCUT2D eigenvalue weighted by Crippen LogP contribution is 2.50. The third-order valence-corrected chi connectivity index (χ3v) is 12.6. The van der Waals surface area contributed by atoms with E-state index < -0.39 is 47.0 Å². The van der Waals surface area contributed by atoms with Crippen LogP contribution in [0.25, 0.3) is 22.1 Å². The van der Waals surface area contributed by atoms with Crippen LogP contribution in [0.3, 0.4) is 0 Å². The van der Waals surface area contributed by atoms with E-state index in [4.69, 9.17) is 0 Å². The lowest BCUT2D eigenvalue weighted by molar-refractivity contribution is 0.475. The second-order valence-corrected chi connectivity index (χ2v) is 16.0. The molecular formula is C43H42F6N8. The van der Waals surface area contributed by atoms with E-state index in [0.29, 0.717) is 77.5 Å². The lowest BCUT2D eigenvalue weighted by atomic mass is 9.89. The van der Waals surface area contributed by atoms with Gasteiger partial charge in [0.15, 0.2) is 23.3 Å². The quantitative estimate of drug-likeness (QED) is 0.121. The van der Waals surface area contributed by atoms with E-state index in [0.717, 1.165) is 56.5 Å². The van der Waals surface area contributed by atoms with Crippen LogP contribution in [0, 0.1) is 34.9 Å². The molecule has 0 spiro atoms. The number of nitrogens with zero attached hydrogens (tertiary/aromatic N) is 4. The van der Waals surface area contributed by atoms with Crippen LogP contribution in [0.5, 0.6) is 0 Å². The number of imidazole rings is 2. The maximum atomic E-state index is 16.4. The molecule has 14 heteroatoms. The smallest absolute Gasteiger partial charge is 0.159 e. The normalized spacial score (nSPS) is 23.2. The van der Waals surface area contributed by atoms with E-state index in [1.54, 1.807) is 28.0 Å². The van der Waals surface area contributed by atoms with Crippen molar-refractivity contribution in [2.75, 3.05) is 36.0 Å². The Balaban J connectivity index is 1.01. The zero-order valence-corrected chi connectivity index (χ0v) is 31.1. The zero-order chi connectivity index (χ0) is 38.9. The molecule has 4 aliphatic heterocycles. The van der Waals surface area contributed by atoms with Crippen molar-refractivity contribution in [3.05, 3.63) is 118 Å². The number of benzene rings is 4. The first-order chi connectivity index (χ1) is 27.7. The van der Waals surface area contributed by atoms with Crippen LogP contribution in [0.15, 0.2) is 54.6 Å². The molecule has 57 heavy (non-hydrogen) atoms.